The standard InChI is InChI=1S/C14H13ClN6O2/c1-9-13(21-23-20-9)22-6-5-16-14-18-12(8-17-19-14)10-3-2-4-11(15)7-10/h2-4,7-8H,5-6H2,1H3,(H,16,18,19). The second-order valence-corrected chi connectivity index (χ2v) is 5.04. The Hall–Kier alpha value is -2.74. The molecule has 1 N–H and O–H groups in total. The average molecular weight is 333 g/mol. The molecule has 0 aliphatic carbocycles. The minimum Gasteiger partial charge on any atom is -0.472 e. The van der Waals surface area contributed by atoms with Crippen LogP contribution < -0.4 is 10.1 Å². The van der Waals surface area contributed by atoms with Crippen LogP contribution in [0.2, 0.25) is 5.02 Å². The van der Waals surface area contributed by atoms with Crippen LogP contribution in [0.5, 0.6) is 5.88 Å². The largest absolute Gasteiger partial charge is 0.472 e. The van der Waals surface area contributed by atoms with Crippen LogP contribution in [0, 0.1) is 6.92 Å². The maximum absolute atomic E-state index is 5.98. The highest BCUT2D eigenvalue weighted by Crippen LogP contribution is 2.20. The molecular weight excluding hydrogens is 320 g/mol. The fourth-order valence-electron chi connectivity index (χ4n) is 1.83. The molecule has 0 spiro atoms. The lowest BCUT2D eigenvalue weighted by molar-refractivity contribution is 0.261. The molecule has 0 saturated heterocycles. The molecule has 3 aromatic rings. The number of rotatable bonds is 6. The summed E-state index contributed by atoms with van der Waals surface area (Å²) in [5.41, 5.74) is 2.16. The highest BCUT2D eigenvalue weighted by molar-refractivity contribution is 6.30. The van der Waals surface area contributed by atoms with Gasteiger partial charge in [-0.2, -0.15) is 5.10 Å². The minimum atomic E-state index is 0.361. The predicted octanol–water partition coefficient (Wildman–Crippen LogP) is 2.37. The van der Waals surface area contributed by atoms with Crippen molar-refractivity contribution in [2.45, 2.75) is 6.92 Å². The first kappa shape index (κ1) is 15.2. The van der Waals surface area contributed by atoms with Crippen molar-refractivity contribution < 1.29 is 9.37 Å². The van der Waals surface area contributed by atoms with Gasteiger partial charge in [-0.05, 0) is 24.2 Å². The van der Waals surface area contributed by atoms with E-state index < -0.39 is 0 Å². The highest BCUT2D eigenvalue weighted by Gasteiger charge is 2.06. The van der Waals surface area contributed by atoms with Crippen LogP contribution in [-0.4, -0.2) is 38.6 Å². The Morgan fingerprint density at radius 2 is 2.22 bits per heavy atom. The number of nitrogens with one attached hydrogen (secondary N) is 1. The molecule has 0 radical (unpaired) electrons. The number of aryl methyl sites for hydroxylation is 1. The van der Waals surface area contributed by atoms with Gasteiger partial charge in [0.2, 0.25) is 5.95 Å². The number of benzene rings is 1. The third kappa shape index (κ3) is 3.92. The van der Waals surface area contributed by atoms with E-state index in [2.05, 4.69) is 35.4 Å². The van der Waals surface area contributed by atoms with Crippen molar-refractivity contribution in [3.8, 4) is 17.1 Å². The summed E-state index contributed by atoms with van der Waals surface area (Å²) in [4.78, 5) is 4.39. The van der Waals surface area contributed by atoms with Crippen molar-refractivity contribution in [2.24, 2.45) is 0 Å². The molecule has 0 aliphatic heterocycles. The number of hydrogen-bond donors (Lipinski definition) is 1. The molecule has 118 valence electrons. The van der Waals surface area contributed by atoms with Crippen LogP contribution in [0.1, 0.15) is 5.69 Å². The van der Waals surface area contributed by atoms with Crippen molar-refractivity contribution in [1.82, 2.24) is 25.5 Å². The first-order chi connectivity index (χ1) is 11.2. The summed E-state index contributed by atoms with van der Waals surface area (Å²) < 4.78 is 9.95. The van der Waals surface area contributed by atoms with Gasteiger partial charge in [0.25, 0.3) is 5.88 Å². The van der Waals surface area contributed by atoms with Crippen molar-refractivity contribution in [3.63, 3.8) is 0 Å². The summed E-state index contributed by atoms with van der Waals surface area (Å²) in [5, 5.41) is 18.8. The summed E-state index contributed by atoms with van der Waals surface area (Å²) in [7, 11) is 0. The van der Waals surface area contributed by atoms with Gasteiger partial charge >= 0.3 is 0 Å². The van der Waals surface area contributed by atoms with E-state index in [4.69, 9.17) is 16.3 Å². The predicted molar refractivity (Wildman–Crippen MR) is 83.3 cm³/mol. The maximum atomic E-state index is 5.98. The summed E-state index contributed by atoms with van der Waals surface area (Å²) in [6.07, 6.45) is 1.58. The summed E-state index contributed by atoms with van der Waals surface area (Å²) >= 11 is 5.98. The second kappa shape index (κ2) is 7.01. The lowest BCUT2D eigenvalue weighted by Crippen LogP contribution is -2.14. The van der Waals surface area contributed by atoms with Gasteiger partial charge in [0, 0.05) is 10.6 Å². The van der Waals surface area contributed by atoms with E-state index >= 15 is 0 Å². The van der Waals surface area contributed by atoms with Crippen LogP contribution in [0.4, 0.5) is 5.95 Å². The molecular formula is C14H13ClN6O2. The maximum Gasteiger partial charge on any atom is 0.278 e. The number of anilines is 1. The fourth-order valence-corrected chi connectivity index (χ4v) is 2.02. The third-order valence-corrected chi connectivity index (χ3v) is 3.15. The zero-order chi connectivity index (χ0) is 16.1. The Morgan fingerprint density at radius 1 is 1.30 bits per heavy atom. The number of aromatic nitrogens is 5. The van der Waals surface area contributed by atoms with Gasteiger partial charge in [0.05, 0.1) is 18.4 Å². The summed E-state index contributed by atoms with van der Waals surface area (Å²) in [6.45, 7) is 2.59. The second-order valence-electron chi connectivity index (χ2n) is 4.61. The number of hydrogen-bond acceptors (Lipinski definition) is 8. The average Bonchev–Trinajstić information content (AvgIpc) is 2.97. The van der Waals surface area contributed by atoms with Crippen molar-refractivity contribution in [1.29, 1.82) is 0 Å². The molecule has 0 bridgehead atoms. The van der Waals surface area contributed by atoms with E-state index in [0.717, 1.165) is 5.56 Å². The van der Waals surface area contributed by atoms with E-state index in [1.54, 1.807) is 19.2 Å². The smallest absolute Gasteiger partial charge is 0.278 e. The van der Waals surface area contributed by atoms with Crippen molar-refractivity contribution in [2.75, 3.05) is 18.5 Å². The van der Waals surface area contributed by atoms with Crippen LogP contribution in [0.15, 0.2) is 35.1 Å². The molecule has 0 saturated carbocycles. The fraction of sp³-hybridized carbons (Fsp3) is 0.214. The molecule has 2 heterocycles. The van der Waals surface area contributed by atoms with Crippen molar-refractivity contribution >= 4 is 17.5 Å². The first-order valence-corrected chi connectivity index (χ1v) is 7.21. The van der Waals surface area contributed by atoms with Gasteiger partial charge in [-0.15, -0.1) is 5.10 Å². The van der Waals surface area contributed by atoms with Crippen LogP contribution >= 0.6 is 11.6 Å². The van der Waals surface area contributed by atoms with E-state index in [1.807, 2.05) is 18.2 Å². The molecule has 0 unspecified atom stereocenters. The molecule has 23 heavy (non-hydrogen) atoms. The first-order valence-electron chi connectivity index (χ1n) is 6.84. The SMILES string of the molecule is Cc1nonc1OCCNc1nncc(-c2cccc(Cl)c2)n1. The number of ether oxygens (including phenoxy) is 1. The summed E-state index contributed by atoms with van der Waals surface area (Å²) in [6, 6.07) is 7.38. The van der Waals surface area contributed by atoms with Crippen LogP contribution in [0.25, 0.3) is 11.3 Å². The number of nitrogens with zero attached hydrogens (tertiary/aromatic N) is 5. The molecule has 8 nitrogen and oxygen atoms in total. The Balaban J connectivity index is 1.58. The van der Waals surface area contributed by atoms with E-state index in [0.29, 0.717) is 41.4 Å². The lowest BCUT2D eigenvalue weighted by Gasteiger charge is -2.06. The molecule has 0 amide bonds. The van der Waals surface area contributed by atoms with E-state index in [9.17, 15) is 0 Å². The summed E-state index contributed by atoms with van der Waals surface area (Å²) in [5.74, 6) is 0.777. The van der Waals surface area contributed by atoms with Crippen LogP contribution in [0.3, 0.4) is 0 Å². The molecule has 0 aliphatic rings. The molecule has 0 atom stereocenters. The van der Waals surface area contributed by atoms with E-state index in [-0.39, 0.29) is 0 Å². The highest BCUT2D eigenvalue weighted by atomic mass is 35.5. The van der Waals surface area contributed by atoms with Gasteiger partial charge in [0.15, 0.2) is 0 Å². The molecule has 9 heteroatoms. The Kier molecular flexibility index (Phi) is 4.62. The zero-order valence-electron chi connectivity index (χ0n) is 12.2. The Labute approximate surface area is 136 Å². The topological polar surface area (TPSA) is 98.9 Å². The van der Waals surface area contributed by atoms with Crippen LogP contribution in [-0.2, 0) is 0 Å². The molecule has 1 aromatic carbocycles. The zero-order valence-corrected chi connectivity index (χ0v) is 13.0. The third-order valence-electron chi connectivity index (χ3n) is 2.91. The van der Waals surface area contributed by atoms with Crippen molar-refractivity contribution in [3.05, 3.63) is 41.2 Å². The number of halogens is 1. The lowest BCUT2D eigenvalue weighted by atomic mass is 10.2. The quantitative estimate of drug-likeness (QED) is 0.687. The van der Waals surface area contributed by atoms with Gasteiger partial charge in [0.1, 0.15) is 12.3 Å². The Morgan fingerprint density at radius 3 is 3.00 bits per heavy atom. The molecule has 0 fully saturated rings. The molecule has 2 aromatic heterocycles. The Bertz CT molecular complexity index is 794. The molecule has 3 rings (SSSR count). The van der Waals surface area contributed by atoms with Gasteiger partial charge in [-0.25, -0.2) is 9.61 Å². The minimum absolute atomic E-state index is 0.361. The normalized spacial score (nSPS) is 10.5. The van der Waals surface area contributed by atoms with Gasteiger partial charge in [-0.3, -0.25) is 0 Å². The monoisotopic (exact) mass is 332 g/mol. The van der Waals surface area contributed by atoms with Gasteiger partial charge < -0.3 is 10.1 Å². The van der Waals surface area contributed by atoms with E-state index in [1.165, 1.54) is 0 Å². The van der Waals surface area contributed by atoms with Gasteiger partial charge in [-0.1, -0.05) is 28.9 Å².